The fourth-order valence-electron chi connectivity index (χ4n) is 2.09. The number of benzene rings is 1. The second kappa shape index (κ2) is 8.51. The number of alkyl halides is 2. The van der Waals surface area contributed by atoms with E-state index in [0.717, 1.165) is 0 Å². The average molecular weight is 398 g/mol. The van der Waals surface area contributed by atoms with Crippen molar-refractivity contribution in [1.29, 1.82) is 0 Å². The van der Waals surface area contributed by atoms with Gasteiger partial charge in [0, 0.05) is 17.2 Å². The number of ketones is 1. The molecule has 0 aromatic heterocycles. The summed E-state index contributed by atoms with van der Waals surface area (Å²) in [5, 5.41) is 3.02. The Balaban J connectivity index is 2.01. The van der Waals surface area contributed by atoms with E-state index < -0.39 is 17.9 Å². The van der Waals surface area contributed by atoms with Gasteiger partial charge in [0.1, 0.15) is 12.3 Å². The van der Waals surface area contributed by atoms with Gasteiger partial charge in [-0.25, -0.2) is 0 Å². The van der Waals surface area contributed by atoms with Crippen LogP contribution in [0.15, 0.2) is 35.4 Å². The molecule has 2 rings (SSSR count). The first-order valence-corrected chi connectivity index (χ1v) is 9.09. The Kier molecular flexibility index (Phi) is 6.59. The lowest BCUT2D eigenvalue weighted by atomic mass is 9.91. The normalized spacial score (nSPS) is 16.1. The number of nitrogens with one attached hydrogen (secondary N) is 1. The molecule has 0 bridgehead atoms. The quantitative estimate of drug-likeness (QED) is 0.745. The molecule has 1 aliphatic rings. The highest BCUT2D eigenvalue weighted by Crippen LogP contribution is 2.30. The largest absolute Gasteiger partial charge is 0.435 e. The van der Waals surface area contributed by atoms with Gasteiger partial charge in [0.05, 0.1) is 10.8 Å². The molecule has 2 amide bonds. The first kappa shape index (κ1) is 20.9. The second-order valence-corrected chi connectivity index (χ2v) is 7.81. The number of carbonyl (C=O) groups excluding carboxylic acids is 3. The number of allylic oxidation sites excluding steroid dienone is 1. The number of anilines is 1. The van der Waals surface area contributed by atoms with Gasteiger partial charge in [-0.3, -0.25) is 19.3 Å². The Morgan fingerprint density at radius 2 is 1.93 bits per heavy atom. The molecule has 1 aliphatic heterocycles. The molecule has 6 nitrogen and oxygen atoms in total. The van der Waals surface area contributed by atoms with E-state index in [4.69, 9.17) is 0 Å². The van der Waals surface area contributed by atoms with E-state index >= 15 is 0 Å². The highest BCUT2D eigenvalue weighted by atomic mass is 32.2. The van der Waals surface area contributed by atoms with Crippen molar-refractivity contribution in [1.82, 2.24) is 4.90 Å². The molecule has 9 heteroatoms. The van der Waals surface area contributed by atoms with E-state index in [2.05, 4.69) is 10.1 Å². The molecule has 0 radical (unpaired) electrons. The van der Waals surface area contributed by atoms with Gasteiger partial charge < -0.3 is 10.1 Å². The van der Waals surface area contributed by atoms with Crippen molar-refractivity contribution in [2.45, 2.75) is 27.4 Å². The molecule has 1 saturated heterocycles. The molecule has 0 aliphatic carbocycles. The van der Waals surface area contributed by atoms with Gasteiger partial charge in [0.25, 0.3) is 0 Å². The van der Waals surface area contributed by atoms with Crippen LogP contribution in [0.2, 0.25) is 0 Å². The van der Waals surface area contributed by atoms with Crippen molar-refractivity contribution < 1.29 is 27.9 Å². The maximum absolute atomic E-state index is 12.2. The minimum atomic E-state index is -2.93. The summed E-state index contributed by atoms with van der Waals surface area (Å²) in [6.07, 6.45) is 1.39. The molecule has 0 spiro atoms. The number of carbonyl (C=O) groups is 3. The van der Waals surface area contributed by atoms with Gasteiger partial charge in [-0.05, 0) is 24.3 Å². The number of thioether (sulfide) groups is 1. The minimum Gasteiger partial charge on any atom is -0.435 e. The maximum atomic E-state index is 12.2. The minimum absolute atomic E-state index is 0.0277. The van der Waals surface area contributed by atoms with E-state index in [1.54, 1.807) is 20.8 Å². The highest BCUT2D eigenvalue weighted by Gasteiger charge is 2.30. The molecule has 1 fully saturated rings. The number of halogens is 2. The van der Waals surface area contributed by atoms with Crippen LogP contribution in [0.4, 0.5) is 14.5 Å². The van der Waals surface area contributed by atoms with Crippen LogP contribution >= 0.6 is 11.8 Å². The van der Waals surface area contributed by atoms with Crippen LogP contribution in [0.25, 0.3) is 0 Å². The monoisotopic (exact) mass is 398 g/mol. The van der Waals surface area contributed by atoms with Crippen molar-refractivity contribution in [3.05, 3.63) is 35.4 Å². The zero-order valence-electron chi connectivity index (χ0n) is 15.1. The van der Waals surface area contributed by atoms with Crippen molar-refractivity contribution in [3.8, 4) is 5.75 Å². The lowest BCUT2D eigenvalue weighted by Crippen LogP contribution is -2.34. The van der Waals surface area contributed by atoms with Crippen molar-refractivity contribution in [3.63, 3.8) is 0 Å². The number of rotatable bonds is 6. The van der Waals surface area contributed by atoms with Crippen molar-refractivity contribution in [2.75, 3.05) is 17.6 Å². The van der Waals surface area contributed by atoms with E-state index in [1.807, 2.05) is 0 Å². The summed E-state index contributed by atoms with van der Waals surface area (Å²) in [6, 6.07) is 5.42. The number of amides is 2. The van der Waals surface area contributed by atoms with Crippen molar-refractivity contribution in [2.24, 2.45) is 5.41 Å². The predicted octanol–water partition coefficient (Wildman–Crippen LogP) is 3.26. The van der Waals surface area contributed by atoms with Crippen LogP contribution < -0.4 is 10.1 Å². The van der Waals surface area contributed by atoms with E-state index in [9.17, 15) is 23.2 Å². The Morgan fingerprint density at radius 3 is 2.48 bits per heavy atom. The summed E-state index contributed by atoms with van der Waals surface area (Å²) >= 11 is 1.21. The lowest BCUT2D eigenvalue weighted by molar-refractivity contribution is -0.129. The Hall–Kier alpha value is -2.42. The summed E-state index contributed by atoms with van der Waals surface area (Å²) in [5.41, 5.74) is -0.216. The number of hydrogen-bond acceptors (Lipinski definition) is 5. The maximum Gasteiger partial charge on any atom is 0.387 e. The summed E-state index contributed by atoms with van der Waals surface area (Å²) < 4.78 is 28.5. The van der Waals surface area contributed by atoms with E-state index in [1.165, 1.54) is 47.0 Å². The summed E-state index contributed by atoms with van der Waals surface area (Å²) in [7, 11) is 0. The fourth-order valence-corrected chi connectivity index (χ4v) is 3.03. The molecule has 1 aromatic rings. The number of nitrogens with zero attached hydrogens (tertiary/aromatic N) is 1. The first-order chi connectivity index (χ1) is 12.6. The van der Waals surface area contributed by atoms with Gasteiger partial charge in [-0.1, -0.05) is 32.5 Å². The Bertz CT molecular complexity index is 758. The van der Waals surface area contributed by atoms with E-state index in [0.29, 0.717) is 10.7 Å². The van der Waals surface area contributed by atoms with Gasteiger partial charge in [0.15, 0.2) is 5.78 Å². The van der Waals surface area contributed by atoms with Gasteiger partial charge >= 0.3 is 6.61 Å². The topological polar surface area (TPSA) is 75.7 Å². The molecule has 1 heterocycles. The smallest absolute Gasteiger partial charge is 0.387 e. The Morgan fingerprint density at radius 1 is 1.30 bits per heavy atom. The summed E-state index contributed by atoms with van der Waals surface area (Å²) in [6.45, 7) is 2.14. The van der Waals surface area contributed by atoms with Crippen LogP contribution in [0.5, 0.6) is 5.75 Å². The molecule has 1 aromatic carbocycles. The molecule has 146 valence electrons. The van der Waals surface area contributed by atoms with E-state index in [-0.39, 0.29) is 29.7 Å². The summed E-state index contributed by atoms with van der Waals surface area (Å²) in [5.74, 6) is -0.734. The van der Waals surface area contributed by atoms with Crippen LogP contribution in [0, 0.1) is 5.41 Å². The molecule has 0 atom stereocenters. The molecule has 0 saturated carbocycles. The number of hydrogen-bond donors (Lipinski definition) is 1. The number of ether oxygens (including phenoxy) is 1. The van der Waals surface area contributed by atoms with Crippen LogP contribution in [0.1, 0.15) is 20.8 Å². The van der Waals surface area contributed by atoms with Crippen LogP contribution in [-0.4, -0.2) is 41.4 Å². The predicted molar refractivity (Wildman–Crippen MR) is 98.4 cm³/mol. The summed E-state index contributed by atoms with van der Waals surface area (Å²) in [4.78, 5) is 37.7. The zero-order valence-corrected chi connectivity index (χ0v) is 15.9. The third-order valence-corrected chi connectivity index (χ3v) is 4.59. The van der Waals surface area contributed by atoms with Gasteiger partial charge in [-0.2, -0.15) is 8.78 Å². The molecule has 0 unspecified atom stereocenters. The third kappa shape index (κ3) is 6.06. The first-order valence-electron chi connectivity index (χ1n) is 8.10. The molecular formula is C18H20F2N2O4S. The van der Waals surface area contributed by atoms with Crippen molar-refractivity contribution >= 4 is 35.0 Å². The SMILES string of the molecule is CC(C)(C)C(=O)/C=C1\SCC(=O)N1CC(=O)Nc1ccc(OC(F)F)cc1. The standard InChI is InChI=1S/C18H20F2N2O4S/c1-18(2,3)13(23)8-16-22(15(25)10-27-16)9-14(24)21-11-4-6-12(7-5-11)26-17(19)20/h4-8,17H,9-10H2,1-3H3,(H,21,24)/b16-8-. The average Bonchev–Trinajstić information content (AvgIpc) is 2.88. The third-order valence-electron chi connectivity index (χ3n) is 3.57. The molecule has 27 heavy (non-hydrogen) atoms. The Labute approximate surface area is 159 Å². The highest BCUT2D eigenvalue weighted by molar-refractivity contribution is 8.04. The second-order valence-electron chi connectivity index (χ2n) is 6.82. The van der Waals surface area contributed by atoms with Crippen LogP contribution in [-0.2, 0) is 14.4 Å². The molecular weight excluding hydrogens is 378 g/mol. The zero-order chi connectivity index (χ0) is 20.2. The van der Waals surface area contributed by atoms with Gasteiger partial charge in [-0.15, -0.1) is 0 Å². The fraction of sp³-hybridized carbons (Fsp3) is 0.389. The van der Waals surface area contributed by atoms with Gasteiger partial charge in [0.2, 0.25) is 11.8 Å². The molecule has 1 N–H and O–H groups in total. The lowest BCUT2D eigenvalue weighted by Gasteiger charge is -2.19. The van der Waals surface area contributed by atoms with Crippen LogP contribution in [0.3, 0.4) is 0 Å².